The Hall–Kier alpha value is -2.43. The van der Waals surface area contributed by atoms with Crippen LogP contribution in [0.1, 0.15) is 23.1 Å². The average molecular weight is 411 g/mol. The van der Waals surface area contributed by atoms with E-state index in [1.807, 2.05) is 0 Å². The molecule has 0 saturated heterocycles. The molecule has 1 atom stereocenters. The summed E-state index contributed by atoms with van der Waals surface area (Å²) in [5, 5.41) is 14.0. The summed E-state index contributed by atoms with van der Waals surface area (Å²) in [7, 11) is 0. The highest BCUT2D eigenvalue weighted by Crippen LogP contribution is 2.30. The molecule has 1 aromatic carbocycles. The third-order valence-corrected chi connectivity index (χ3v) is 5.02. The third kappa shape index (κ3) is 5.28. The number of alkyl halides is 2. The van der Waals surface area contributed by atoms with Crippen LogP contribution in [0.5, 0.6) is 5.75 Å². The van der Waals surface area contributed by atoms with E-state index in [0.29, 0.717) is 28.5 Å². The molecule has 0 aliphatic heterocycles. The molecule has 0 spiro atoms. The standard InChI is InChI=1S/C17H15F2N3O3S2/c1-9(23)5-14-20-17(27-22-14)21-15(24)11-7-13(26-8-11)10-3-2-4-12(6-10)25-16(18)19/h2-4,6-9,16,23H,5H2,1H3,(H,20,21,22,24). The number of carbonyl (C=O) groups excluding carboxylic acids is 1. The fourth-order valence-corrected chi connectivity index (χ4v) is 3.73. The monoisotopic (exact) mass is 411 g/mol. The minimum absolute atomic E-state index is 0.0569. The van der Waals surface area contributed by atoms with Gasteiger partial charge in [-0.2, -0.15) is 13.2 Å². The molecule has 3 rings (SSSR count). The second-order valence-corrected chi connectivity index (χ2v) is 7.29. The van der Waals surface area contributed by atoms with Crippen molar-refractivity contribution < 1.29 is 23.4 Å². The van der Waals surface area contributed by atoms with Crippen molar-refractivity contribution in [2.45, 2.75) is 26.1 Å². The van der Waals surface area contributed by atoms with E-state index in [2.05, 4.69) is 19.4 Å². The van der Waals surface area contributed by atoms with Gasteiger partial charge in [0, 0.05) is 28.2 Å². The summed E-state index contributed by atoms with van der Waals surface area (Å²) < 4.78 is 33.2. The lowest BCUT2D eigenvalue weighted by Gasteiger charge is -2.05. The number of benzene rings is 1. The van der Waals surface area contributed by atoms with Crippen LogP contribution in [-0.4, -0.2) is 33.1 Å². The SMILES string of the molecule is CC(O)Cc1nsc(NC(=O)c2csc(-c3cccc(OC(F)F)c3)c2)n1. The lowest BCUT2D eigenvalue weighted by molar-refractivity contribution is -0.0498. The van der Waals surface area contributed by atoms with Crippen LogP contribution in [0.25, 0.3) is 10.4 Å². The molecular formula is C17H15F2N3O3S2. The Morgan fingerprint density at radius 2 is 2.19 bits per heavy atom. The van der Waals surface area contributed by atoms with Crippen molar-refractivity contribution in [3.8, 4) is 16.2 Å². The van der Waals surface area contributed by atoms with Crippen molar-refractivity contribution in [2.24, 2.45) is 0 Å². The van der Waals surface area contributed by atoms with E-state index in [-0.39, 0.29) is 11.7 Å². The molecule has 1 amide bonds. The van der Waals surface area contributed by atoms with Gasteiger partial charge in [0.2, 0.25) is 5.13 Å². The predicted octanol–water partition coefficient (Wildman–Crippen LogP) is 4.04. The molecule has 142 valence electrons. The Labute approximate surface area is 161 Å². The van der Waals surface area contributed by atoms with Gasteiger partial charge in [-0.1, -0.05) is 12.1 Å². The van der Waals surface area contributed by atoms with Gasteiger partial charge in [-0.25, -0.2) is 4.98 Å². The van der Waals surface area contributed by atoms with Crippen molar-refractivity contribution in [1.29, 1.82) is 0 Å². The van der Waals surface area contributed by atoms with Crippen LogP contribution in [0.2, 0.25) is 0 Å². The number of aliphatic hydroxyl groups is 1. The van der Waals surface area contributed by atoms with Crippen LogP contribution >= 0.6 is 22.9 Å². The van der Waals surface area contributed by atoms with Gasteiger partial charge < -0.3 is 9.84 Å². The van der Waals surface area contributed by atoms with Crippen molar-refractivity contribution in [3.05, 3.63) is 47.1 Å². The molecule has 2 heterocycles. The molecule has 0 radical (unpaired) electrons. The van der Waals surface area contributed by atoms with Gasteiger partial charge in [0.1, 0.15) is 11.6 Å². The van der Waals surface area contributed by atoms with E-state index in [1.165, 1.54) is 23.5 Å². The Balaban J connectivity index is 1.70. The van der Waals surface area contributed by atoms with Gasteiger partial charge in [-0.15, -0.1) is 11.3 Å². The fraction of sp³-hybridized carbons (Fsp3) is 0.235. The van der Waals surface area contributed by atoms with E-state index in [9.17, 15) is 18.7 Å². The van der Waals surface area contributed by atoms with Crippen LogP contribution < -0.4 is 10.1 Å². The average Bonchev–Trinajstić information content (AvgIpc) is 3.23. The van der Waals surface area contributed by atoms with E-state index in [1.54, 1.807) is 30.5 Å². The maximum absolute atomic E-state index is 12.4. The van der Waals surface area contributed by atoms with Crippen molar-refractivity contribution >= 4 is 33.9 Å². The Morgan fingerprint density at radius 3 is 2.93 bits per heavy atom. The van der Waals surface area contributed by atoms with Crippen molar-refractivity contribution in [1.82, 2.24) is 9.36 Å². The number of rotatable bonds is 7. The zero-order valence-corrected chi connectivity index (χ0v) is 15.7. The highest BCUT2D eigenvalue weighted by molar-refractivity contribution is 7.14. The summed E-state index contributed by atoms with van der Waals surface area (Å²) in [5.74, 6) is 0.172. The summed E-state index contributed by atoms with van der Waals surface area (Å²) in [6.45, 7) is -1.26. The molecular weight excluding hydrogens is 396 g/mol. The topological polar surface area (TPSA) is 84.3 Å². The first-order chi connectivity index (χ1) is 12.9. The van der Waals surface area contributed by atoms with Gasteiger partial charge in [0.25, 0.3) is 5.91 Å². The van der Waals surface area contributed by atoms with E-state index >= 15 is 0 Å². The summed E-state index contributed by atoms with van der Waals surface area (Å²) in [4.78, 5) is 17.3. The largest absolute Gasteiger partial charge is 0.435 e. The normalized spacial score (nSPS) is 12.2. The van der Waals surface area contributed by atoms with Crippen LogP contribution in [0, 0.1) is 0 Å². The number of nitrogens with one attached hydrogen (secondary N) is 1. The zero-order valence-electron chi connectivity index (χ0n) is 14.1. The highest BCUT2D eigenvalue weighted by atomic mass is 32.1. The zero-order chi connectivity index (χ0) is 19.4. The van der Waals surface area contributed by atoms with Crippen LogP contribution in [0.3, 0.4) is 0 Å². The molecule has 0 aliphatic rings. The maximum atomic E-state index is 12.4. The number of thiophene rings is 1. The molecule has 1 unspecified atom stereocenters. The first-order valence-electron chi connectivity index (χ1n) is 7.86. The predicted molar refractivity (Wildman–Crippen MR) is 99.6 cm³/mol. The van der Waals surface area contributed by atoms with E-state index in [4.69, 9.17) is 0 Å². The molecule has 0 aliphatic carbocycles. The number of halogens is 2. The van der Waals surface area contributed by atoms with E-state index < -0.39 is 12.7 Å². The smallest absolute Gasteiger partial charge is 0.387 e. The molecule has 0 saturated carbocycles. The second-order valence-electron chi connectivity index (χ2n) is 5.63. The van der Waals surface area contributed by atoms with E-state index in [0.717, 1.165) is 16.4 Å². The minimum Gasteiger partial charge on any atom is -0.435 e. The number of hydrogen-bond acceptors (Lipinski definition) is 7. The number of hydrogen-bond donors (Lipinski definition) is 2. The van der Waals surface area contributed by atoms with Gasteiger partial charge in [0.15, 0.2) is 0 Å². The molecule has 3 aromatic rings. The molecule has 27 heavy (non-hydrogen) atoms. The molecule has 2 aromatic heterocycles. The van der Waals surface area contributed by atoms with Gasteiger partial charge in [0.05, 0.1) is 11.7 Å². The summed E-state index contributed by atoms with van der Waals surface area (Å²) >= 11 is 2.35. The summed E-state index contributed by atoms with van der Waals surface area (Å²) in [5.41, 5.74) is 1.09. The Bertz CT molecular complexity index is 928. The van der Waals surface area contributed by atoms with Gasteiger partial charge in [-0.3, -0.25) is 10.1 Å². The number of ether oxygens (including phenoxy) is 1. The Kier molecular flexibility index (Phi) is 6.09. The molecule has 2 N–H and O–H groups in total. The molecule has 6 nitrogen and oxygen atoms in total. The quantitative estimate of drug-likeness (QED) is 0.613. The van der Waals surface area contributed by atoms with Crippen LogP contribution in [0.15, 0.2) is 35.7 Å². The van der Waals surface area contributed by atoms with Crippen molar-refractivity contribution in [3.63, 3.8) is 0 Å². The summed E-state index contributed by atoms with van der Waals surface area (Å²) in [6.07, 6.45) is -0.251. The molecule has 0 fully saturated rings. The second kappa shape index (κ2) is 8.51. The van der Waals surface area contributed by atoms with Crippen molar-refractivity contribution in [2.75, 3.05) is 5.32 Å². The minimum atomic E-state index is -2.89. The molecule has 0 bridgehead atoms. The van der Waals surface area contributed by atoms with Gasteiger partial charge >= 0.3 is 6.61 Å². The first kappa shape index (κ1) is 19.3. The van der Waals surface area contributed by atoms with Crippen LogP contribution in [0.4, 0.5) is 13.9 Å². The number of carbonyl (C=O) groups is 1. The fourth-order valence-electron chi connectivity index (χ4n) is 2.25. The van der Waals surface area contributed by atoms with Gasteiger partial charge in [-0.05, 0) is 30.7 Å². The van der Waals surface area contributed by atoms with Crippen LogP contribution in [-0.2, 0) is 6.42 Å². The number of nitrogens with zero attached hydrogens (tertiary/aromatic N) is 2. The maximum Gasteiger partial charge on any atom is 0.387 e. The summed E-state index contributed by atoms with van der Waals surface area (Å²) in [6, 6.07) is 7.96. The lowest BCUT2D eigenvalue weighted by atomic mass is 10.1. The number of amides is 1. The number of anilines is 1. The first-order valence-corrected chi connectivity index (χ1v) is 9.52. The Morgan fingerprint density at radius 1 is 1.37 bits per heavy atom. The molecule has 10 heteroatoms. The third-order valence-electron chi connectivity index (χ3n) is 3.37. The number of aliphatic hydroxyl groups excluding tert-OH is 1. The lowest BCUT2D eigenvalue weighted by Crippen LogP contribution is -2.11. The highest BCUT2D eigenvalue weighted by Gasteiger charge is 2.14. The number of aromatic nitrogens is 2.